The monoisotopic (exact) mass is 345 g/mol. The molecule has 2 amide bonds. The first kappa shape index (κ1) is 17.0. The van der Waals surface area contributed by atoms with Gasteiger partial charge in [0, 0.05) is 31.8 Å². The molecule has 8 heteroatoms. The van der Waals surface area contributed by atoms with Crippen LogP contribution < -0.4 is 5.32 Å². The van der Waals surface area contributed by atoms with Gasteiger partial charge in [-0.3, -0.25) is 9.59 Å². The highest BCUT2D eigenvalue weighted by molar-refractivity contribution is 6.33. The first-order valence-electron chi connectivity index (χ1n) is 6.90. The first-order chi connectivity index (χ1) is 10.5. The minimum absolute atomic E-state index is 0.0518. The fourth-order valence-electron chi connectivity index (χ4n) is 2.40. The van der Waals surface area contributed by atoms with E-state index in [0.717, 1.165) is 12.8 Å². The largest absolute Gasteiger partial charge is 0.375 e. The zero-order valence-corrected chi connectivity index (χ0v) is 13.7. The maximum absolute atomic E-state index is 12.2. The Hall–Kier alpha value is -1.37. The van der Waals surface area contributed by atoms with Crippen molar-refractivity contribution in [2.24, 2.45) is 0 Å². The zero-order chi connectivity index (χ0) is 16.1. The molecule has 1 fully saturated rings. The number of hydrogen-bond donors (Lipinski definition) is 1. The number of piperidine rings is 1. The molecular weight excluding hydrogens is 329 g/mol. The SMILES string of the molecule is COCC(=O)N1CCCC(NC(=O)c2cc(Cl)nc(Cl)c2)C1. The summed E-state index contributed by atoms with van der Waals surface area (Å²) in [7, 11) is 1.48. The molecular formula is C14H17Cl2N3O3. The Balaban J connectivity index is 1.97. The van der Waals surface area contributed by atoms with E-state index in [1.165, 1.54) is 19.2 Å². The van der Waals surface area contributed by atoms with Gasteiger partial charge in [0.2, 0.25) is 5.91 Å². The number of rotatable bonds is 4. The minimum atomic E-state index is -0.280. The molecule has 1 atom stereocenters. The van der Waals surface area contributed by atoms with E-state index >= 15 is 0 Å². The lowest BCUT2D eigenvalue weighted by molar-refractivity contribution is -0.136. The molecule has 1 N–H and O–H groups in total. The van der Waals surface area contributed by atoms with E-state index in [4.69, 9.17) is 27.9 Å². The van der Waals surface area contributed by atoms with E-state index in [9.17, 15) is 9.59 Å². The van der Waals surface area contributed by atoms with E-state index < -0.39 is 0 Å². The lowest BCUT2D eigenvalue weighted by atomic mass is 10.1. The van der Waals surface area contributed by atoms with Gasteiger partial charge >= 0.3 is 0 Å². The van der Waals surface area contributed by atoms with Crippen LogP contribution in [0.25, 0.3) is 0 Å². The maximum atomic E-state index is 12.2. The number of ether oxygens (including phenoxy) is 1. The summed E-state index contributed by atoms with van der Waals surface area (Å²) in [6, 6.07) is 2.81. The number of carbonyl (C=O) groups excluding carboxylic acids is 2. The number of nitrogens with one attached hydrogen (secondary N) is 1. The Labute approximate surface area is 138 Å². The standard InChI is InChI=1S/C14H17Cl2N3O3/c1-22-8-13(20)19-4-2-3-10(7-19)17-14(21)9-5-11(15)18-12(16)6-9/h5-6,10H,2-4,7-8H2,1H3,(H,17,21). The summed E-state index contributed by atoms with van der Waals surface area (Å²) in [4.78, 5) is 29.6. The number of halogens is 2. The van der Waals surface area contributed by atoms with Gasteiger partial charge < -0.3 is 15.0 Å². The van der Waals surface area contributed by atoms with Crippen molar-refractivity contribution in [1.82, 2.24) is 15.2 Å². The topological polar surface area (TPSA) is 71.5 Å². The van der Waals surface area contributed by atoms with Gasteiger partial charge in [-0.1, -0.05) is 23.2 Å². The normalized spacial score (nSPS) is 18.1. The Morgan fingerprint density at radius 3 is 2.73 bits per heavy atom. The van der Waals surface area contributed by atoms with Gasteiger partial charge in [-0.2, -0.15) is 0 Å². The molecule has 1 aliphatic rings. The quantitative estimate of drug-likeness (QED) is 0.844. The number of aromatic nitrogens is 1. The van der Waals surface area contributed by atoms with Crippen molar-refractivity contribution in [1.29, 1.82) is 0 Å². The number of methoxy groups -OCH3 is 1. The Morgan fingerprint density at radius 1 is 1.41 bits per heavy atom. The molecule has 2 rings (SSSR count). The van der Waals surface area contributed by atoms with E-state index in [2.05, 4.69) is 10.3 Å². The van der Waals surface area contributed by atoms with Gasteiger partial charge in [-0.25, -0.2) is 4.98 Å². The second-order valence-electron chi connectivity index (χ2n) is 5.09. The highest BCUT2D eigenvalue weighted by Crippen LogP contribution is 2.16. The Bertz CT molecular complexity index is 548. The molecule has 0 aromatic carbocycles. The van der Waals surface area contributed by atoms with Gasteiger partial charge in [-0.15, -0.1) is 0 Å². The number of hydrogen-bond acceptors (Lipinski definition) is 4. The molecule has 1 aromatic heterocycles. The number of amides is 2. The second-order valence-corrected chi connectivity index (χ2v) is 5.86. The molecule has 0 radical (unpaired) electrons. The molecule has 1 aromatic rings. The third kappa shape index (κ3) is 4.56. The van der Waals surface area contributed by atoms with Crippen LogP contribution in [-0.2, 0) is 9.53 Å². The highest BCUT2D eigenvalue weighted by atomic mass is 35.5. The molecule has 1 unspecified atom stereocenters. The van der Waals surface area contributed by atoms with Crippen LogP contribution in [0.4, 0.5) is 0 Å². The van der Waals surface area contributed by atoms with Gasteiger partial charge in [0.1, 0.15) is 16.9 Å². The summed E-state index contributed by atoms with van der Waals surface area (Å²) in [5.41, 5.74) is 0.352. The molecule has 2 heterocycles. The van der Waals surface area contributed by atoms with E-state index in [0.29, 0.717) is 18.7 Å². The third-order valence-electron chi connectivity index (χ3n) is 3.40. The lowest BCUT2D eigenvalue weighted by Gasteiger charge is -2.33. The second kappa shape index (κ2) is 7.76. The van der Waals surface area contributed by atoms with Crippen LogP contribution in [0.2, 0.25) is 10.3 Å². The predicted molar refractivity (Wildman–Crippen MR) is 83.2 cm³/mol. The molecule has 1 aliphatic heterocycles. The van der Waals surface area contributed by atoms with Crippen molar-refractivity contribution in [2.75, 3.05) is 26.8 Å². The molecule has 120 valence electrons. The van der Waals surface area contributed by atoms with E-state index in [1.807, 2.05) is 0 Å². The van der Waals surface area contributed by atoms with Crippen LogP contribution >= 0.6 is 23.2 Å². The molecule has 1 saturated heterocycles. The smallest absolute Gasteiger partial charge is 0.251 e. The summed E-state index contributed by atoms with van der Waals surface area (Å²) >= 11 is 11.6. The van der Waals surface area contributed by atoms with Gasteiger partial charge in [0.25, 0.3) is 5.91 Å². The summed E-state index contributed by atoms with van der Waals surface area (Å²) < 4.78 is 4.85. The van der Waals surface area contributed by atoms with Crippen molar-refractivity contribution >= 4 is 35.0 Å². The Morgan fingerprint density at radius 2 is 2.09 bits per heavy atom. The summed E-state index contributed by atoms with van der Waals surface area (Å²) in [5.74, 6) is -0.353. The van der Waals surface area contributed by atoms with Gasteiger partial charge in [-0.05, 0) is 25.0 Å². The molecule has 6 nitrogen and oxygen atoms in total. The fraction of sp³-hybridized carbons (Fsp3) is 0.500. The summed E-state index contributed by atoms with van der Waals surface area (Å²) in [6.45, 7) is 1.21. The van der Waals surface area contributed by atoms with E-state index in [1.54, 1.807) is 4.90 Å². The number of nitrogens with zero attached hydrogens (tertiary/aromatic N) is 2. The van der Waals surface area contributed by atoms with Crippen molar-refractivity contribution in [2.45, 2.75) is 18.9 Å². The highest BCUT2D eigenvalue weighted by Gasteiger charge is 2.25. The Kier molecular flexibility index (Phi) is 5.99. The van der Waals surface area contributed by atoms with E-state index in [-0.39, 0.29) is 34.8 Å². The average Bonchev–Trinajstić information content (AvgIpc) is 2.46. The van der Waals surface area contributed by atoms with Gasteiger partial charge in [0.05, 0.1) is 0 Å². The molecule has 0 spiro atoms. The van der Waals surface area contributed by atoms with Crippen molar-refractivity contribution in [3.05, 3.63) is 28.0 Å². The summed E-state index contributed by atoms with van der Waals surface area (Å²) in [6.07, 6.45) is 1.65. The molecule has 0 aliphatic carbocycles. The predicted octanol–water partition coefficient (Wildman–Crippen LogP) is 1.76. The average molecular weight is 346 g/mol. The third-order valence-corrected chi connectivity index (χ3v) is 3.79. The van der Waals surface area contributed by atoms with Crippen molar-refractivity contribution < 1.29 is 14.3 Å². The van der Waals surface area contributed by atoms with Crippen LogP contribution in [0.3, 0.4) is 0 Å². The van der Waals surface area contributed by atoms with Crippen molar-refractivity contribution in [3.63, 3.8) is 0 Å². The van der Waals surface area contributed by atoms with Gasteiger partial charge in [0.15, 0.2) is 0 Å². The first-order valence-corrected chi connectivity index (χ1v) is 7.66. The molecule has 22 heavy (non-hydrogen) atoms. The van der Waals surface area contributed by atoms with Crippen LogP contribution in [0.15, 0.2) is 12.1 Å². The fourth-order valence-corrected chi connectivity index (χ4v) is 2.86. The van der Waals surface area contributed by atoms with Crippen LogP contribution in [-0.4, -0.2) is 54.5 Å². The van der Waals surface area contributed by atoms with Crippen LogP contribution in [0.5, 0.6) is 0 Å². The van der Waals surface area contributed by atoms with Crippen LogP contribution in [0, 0.1) is 0 Å². The minimum Gasteiger partial charge on any atom is -0.375 e. The molecule has 0 saturated carbocycles. The summed E-state index contributed by atoms with van der Waals surface area (Å²) in [5, 5.41) is 3.23. The van der Waals surface area contributed by atoms with Crippen LogP contribution in [0.1, 0.15) is 23.2 Å². The lowest BCUT2D eigenvalue weighted by Crippen LogP contribution is -2.50. The maximum Gasteiger partial charge on any atom is 0.251 e. The molecule has 0 bridgehead atoms. The zero-order valence-electron chi connectivity index (χ0n) is 12.1. The van der Waals surface area contributed by atoms with Crippen molar-refractivity contribution in [3.8, 4) is 0 Å². The number of pyridine rings is 1. The number of likely N-dealkylation sites (tertiary alicyclic amines) is 1. The number of carbonyl (C=O) groups is 2.